The summed E-state index contributed by atoms with van der Waals surface area (Å²) in [7, 11) is 1.82. The first-order valence-electron chi connectivity index (χ1n) is 5.59. The Balaban J connectivity index is 2.05. The molecule has 1 aliphatic rings. The maximum atomic E-state index is 12.0. The van der Waals surface area contributed by atoms with Gasteiger partial charge in [-0.15, -0.1) is 0 Å². The molecule has 5 heteroatoms. The first-order chi connectivity index (χ1) is 7.58. The van der Waals surface area contributed by atoms with Gasteiger partial charge in [-0.25, -0.2) is 0 Å². The van der Waals surface area contributed by atoms with E-state index in [1.165, 1.54) is 0 Å². The second kappa shape index (κ2) is 4.25. The molecule has 1 saturated heterocycles. The van der Waals surface area contributed by atoms with Gasteiger partial charge in [-0.3, -0.25) is 9.48 Å². The van der Waals surface area contributed by atoms with Gasteiger partial charge < -0.3 is 10.6 Å². The Kier molecular flexibility index (Phi) is 2.96. The Labute approximate surface area is 95.2 Å². The fraction of sp³-hybridized carbons (Fsp3) is 0.636. The monoisotopic (exact) mass is 222 g/mol. The molecule has 0 aromatic carbocycles. The van der Waals surface area contributed by atoms with Crippen LogP contribution in [0.1, 0.15) is 23.0 Å². The predicted molar refractivity (Wildman–Crippen MR) is 61.2 cm³/mol. The smallest absolute Gasteiger partial charge is 0.255 e. The zero-order valence-electron chi connectivity index (χ0n) is 9.95. The molecule has 0 bridgehead atoms. The number of rotatable bonds is 2. The van der Waals surface area contributed by atoms with Crippen molar-refractivity contribution in [3.05, 3.63) is 17.5 Å². The summed E-state index contributed by atoms with van der Waals surface area (Å²) in [6.45, 7) is 5.81. The number of nitrogens with zero attached hydrogens (tertiary/aromatic N) is 2. The van der Waals surface area contributed by atoms with Gasteiger partial charge in [0.25, 0.3) is 5.91 Å². The van der Waals surface area contributed by atoms with Crippen LogP contribution in [0.5, 0.6) is 0 Å². The zero-order valence-corrected chi connectivity index (χ0v) is 9.95. The lowest BCUT2D eigenvalue weighted by molar-refractivity contribution is 0.0932. The third-order valence-electron chi connectivity index (χ3n) is 3.09. The van der Waals surface area contributed by atoms with E-state index in [-0.39, 0.29) is 11.9 Å². The molecule has 0 aliphatic carbocycles. The number of hydrogen-bond acceptors (Lipinski definition) is 3. The van der Waals surface area contributed by atoms with Crippen molar-refractivity contribution in [2.75, 3.05) is 13.1 Å². The Morgan fingerprint density at radius 2 is 2.38 bits per heavy atom. The zero-order chi connectivity index (χ0) is 11.7. The van der Waals surface area contributed by atoms with Crippen LogP contribution in [0.15, 0.2) is 6.20 Å². The highest BCUT2D eigenvalue weighted by Gasteiger charge is 2.25. The fourth-order valence-electron chi connectivity index (χ4n) is 2.07. The van der Waals surface area contributed by atoms with E-state index in [9.17, 15) is 4.79 Å². The quantitative estimate of drug-likeness (QED) is 0.744. The summed E-state index contributed by atoms with van der Waals surface area (Å²) in [4.78, 5) is 12.0. The number of hydrogen-bond donors (Lipinski definition) is 2. The van der Waals surface area contributed by atoms with Crippen molar-refractivity contribution < 1.29 is 4.79 Å². The molecule has 1 fully saturated rings. The SMILES string of the molecule is Cc1nn(C)cc1C(=O)NC1CNCC1C. The van der Waals surface area contributed by atoms with E-state index in [0.717, 1.165) is 18.8 Å². The van der Waals surface area contributed by atoms with E-state index < -0.39 is 0 Å². The molecule has 2 rings (SSSR count). The molecule has 1 aromatic heterocycles. The van der Waals surface area contributed by atoms with Crippen molar-refractivity contribution in [1.82, 2.24) is 20.4 Å². The van der Waals surface area contributed by atoms with E-state index in [1.807, 2.05) is 14.0 Å². The molecule has 16 heavy (non-hydrogen) atoms. The van der Waals surface area contributed by atoms with Gasteiger partial charge in [-0.2, -0.15) is 5.10 Å². The van der Waals surface area contributed by atoms with Gasteiger partial charge in [0, 0.05) is 25.8 Å². The van der Waals surface area contributed by atoms with E-state index in [2.05, 4.69) is 22.7 Å². The second-order valence-corrected chi connectivity index (χ2v) is 4.52. The van der Waals surface area contributed by atoms with E-state index in [1.54, 1.807) is 10.9 Å². The van der Waals surface area contributed by atoms with Crippen molar-refractivity contribution in [3.8, 4) is 0 Å². The van der Waals surface area contributed by atoms with E-state index in [4.69, 9.17) is 0 Å². The molecule has 2 atom stereocenters. The molecule has 1 aromatic rings. The van der Waals surface area contributed by atoms with Gasteiger partial charge in [0.15, 0.2) is 0 Å². The summed E-state index contributed by atoms with van der Waals surface area (Å²) in [6, 6.07) is 0.229. The van der Waals surface area contributed by atoms with Gasteiger partial charge in [0.1, 0.15) is 0 Å². The first kappa shape index (κ1) is 11.1. The summed E-state index contributed by atoms with van der Waals surface area (Å²) in [5.41, 5.74) is 1.44. The molecule has 88 valence electrons. The third kappa shape index (κ3) is 2.09. The number of nitrogens with one attached hydrogen (secondary N) is 2. The fourth-order valence-corrected chi connectivity index (χ4v) is 2.07. The van der Waals surface area contributed by atoms with Crippen LogP contribution in [0.25, 0.3) is 0 Å². The Bertz CT molecular complexity index is 399. The average molecular weight is 222 g/mol. The summed E-state index contributed by atoms with van der Waals surface area (Å²) in [5.74, 6) is 0.465. The summed E-state index contributed by atoms with van der Waals surface area (Å²) in [6.07, 6.45) is 1.76. The lowest BCUT2D eigenvalue weighted by Crippen LogP contribution is -2.39. The molecule has 0 radical (unpaired) electrons. The maximum absolute atomic E-state index is 12.0. The van der Waals surface area contributed by atoms with Crippen molar-refractivity contribution in [2.45, 2.75) is 19.9 Å². The van der Waals surface area contributed by atoms with Crippen LogP contribution < -0.4 is 10.6 Å². The van der Waals surface area contributed by atoms with Gasteiger partial charge in [0.2, 0.25) is 0 Å². The van der Waals surface area contributed by atoms with Gasteiger partial charge >= 0.3 is 0 Å². The summed E-state index contributed by atoms with van der Waals surface area (Å²) >= 11 is 0. The van der Waals surface area contributed by atoms with Crippen molar-refractivity contribution in [2.24, 2.45) is 13.0 Å². The highest BCUT2D eigenvalue weighted by molar-refractivity contribution is 5.95. The van der Waals surface area contributed by atoms with Crippen LogP contribution in [0.3, 0.4) is 0 Å². The Morgan fingerprint density at radius 1 is 1.62 bits per heavy atom. The standard InChI is InChI=1S/C11H18N4O/c1-7-4-12-5-10(7)13-11(16)9-6-15(3)14-8(9)2/h6-7,10,12H,4-5H2,1-3H3,(H,13,16). The minimum atomic E-state index is -0.0221. The largest absolute Gasteiger partial charge is 0.348 e. The molecule has 1 amide bonds. The minimum absolute atomic E-state index is 0.0221. The molecule has 2 heterocycles. The number of aromatic nitrogens is 2. The highest BCUT2D eigenvalue weighted by Crippen LogP contribution is 2.10. The molecule has 5 nitrogen and oxygen atoms in total. The predicted octanol–water partition coefficient (Wildman–Crippen LogP) is 0.0662. The average Bonchev–Trinajstić information content (AvgIpc) is 2.74. The number of amides is 1. The molecule has 0 saturated carbocycles. The van der Waals surface area contributed by atoms with Crippen molar-refractivity contribution in [3.63, 3.8) is 0 Å². The molecular formula is C11H18N4O. The van der Waals surface area contributed by atoms with Gasteiger partial charge in [0.05, 0.1) is 11.3 Å². The van der Waals surface area contributed by atoms with Crippen LogP contribution in [0, 0.1) is 12.8 Å². The van der Waals surface area contributed by atoms with Crippen LogP contribution in [-0.2, 0) is 7.05 Å². The van der Waals surface area contributed by atoms with Crippen molar-refractivity contribution >= 4 is 5.91 Å². The summed E-state index contributed by atoms with van der Waals surface area (Å²) < 4.78 is 1.67. The van der Waals surface area contributed by atoms with Gasteiger partial charge in [-0.1, -0.05) is 6.92 Å². The molecule has 2 N–H and O–H groups in total. The topological polar surface area (TPSA) is 59.0 Å². The number of aryl methyl sites for hydroxylation is 2. The van der Waals surface area contributed by atoms with Gasteiger partial charge in [-0.05, 0) is 19.4 Å². The molecule has 0 spiro atoms. The summed E-state index contributed by atoms with van der Waals surface area (Å²) in [5, 5.41) is 10.5. The van der Waals surface area contributed by atoms with E-state index >= 15 is 0 Å². The molecule has 1 aliphatic heterocycles. The van der Waals surface area contributed by atoms with Crippen LogP contribution in [0.2, 0.25) is 0 Å². The number of carbonyl (C=O) groups is 1. The van der Waals surface area contributed by atoms with E-state index in [0.29, 0.717) is 11.5 Å². The highest BCUT2D eigenvalue weighted by atomic mass is 16.1. The molecule has 2 unspecified atom stereocenters. The lowest BCUT2D eigenvalue weighted by atomic mass is 10.1. The lowest BCUT2D eigenvalue weighted by Gasteiger charge is -2.15. The Morgan fingerprint density at radius 3 is 2.88 bits per heavy atom. The normalized spacial score (nSPS) is 24.7. The van der Waals surface area contributed by atoms with Crippen LogP contribution in [0.4, 0.5) is 0 Å². The van der Waals surface area contributed by atoms with Crippen LogP contribution >= 0.6 is 0 Å². The first-order valence-corrected chi connectivity index (χ1v) is 5.59. The second-order valence-electron chi connectivity index (χ2n) is 4.52. The molecular weight excluding hydrogens is 204 g/mol. The maximum Gasteiger partial charge on any atom is 0.255 e. The number of carbonyl (C=O) groups excluding carboxylic acids is 1. The van der Waals surface area contributed by atoms with Crippen LogP contribution in [-0.4, -0.2) is 34.8 Å². The third-order valence-corrected chi connectivity index (χ3v) is 3.09. The Hall–Kier alpha value is -1.36. The minimum Gasteiger partial charge on any atom is -0.348 e. The van der Waals surface area contributed by atoms with Crippen molar-refractivity contribution in [1.29, 1.82) is 0 Å².